The highest BCUT2D eigenvalue weighted by molar-refractivity contribution is 7.09. The third kappa shape index (κ3) is 7.86. The van der Waals surface area contributed by atoms with E-state index in [2.05, 4.69) is 52.9 Å². The molecule has 2 aliphatic heterocycles. The molecule has 1 aromatic heterocycles. The number of fused-ring (bicyclic) bond motifs is 1. The average Bonchev–Trinajstić information content (AvgIpc) is 3.69. The molecule has 49 heavy (non-hydrogen) atoms. The van der Waals surface area contributed by atoms with Crippen LogP contribution in [-0.2, 0) is 0 Å². The molecule has 258 valence electrons. The lowest BCUT2D eigenvalue weighted by Gasteiger charge is -2.39. The fourth-order valence-corrected chi connectivity index (χ4v) is 7.20. The number of rotatable bonds is 11. The fourth-order valence-electron chi connectivity index (χ4n) is 6.55. The summed E-state index contributed by atoms with van der Waals surface area (Å²) in [7, 11) is 3.19. The smallest absolute Gasteiger partial charge is 0.264 e. The largest absolute Gasteiger partial charge is 0.493 e. The van der Waals surface area contributed by atoms with Crippen molar-refractivity contribution in [2.24, 2.45) is 0 Å². The lowest BCUT2D eigenvalue weighted by Crippen LogP contribution is -2.47. The minimum absolute atomic E-state index is 0.0411. The van der Waals surface area contributed by atoms with E-state index in [1.165, 1.54) is 28.7 Å². The van der Waals surface area contributed by atoms with Crippen LogP contribution in [0.3, 0.4) is 0 Å². The van der Waals surface area contributed by atoms with E-state index in [1.54, 1.807) is 25.7 Å². The summed E-state index contributed by atoms with van der Waals surface area (Å²) >= 11 is 1.50. The van der Waals surface area contributed by atoms with Crippen LogP contribution in [0.1, 0.15) is 99.5 Å². The minimum atomic E-state index is -0.386. The van der Waals surface area contributed by atoms with Crippen LogP contribution in [0.4, 0.5) is 5.69 Å². The Kier molecular flexibility index (Phi) is 11.9. The SMILES string of the molecule is CC(=O)c1csc(C)n1.CCCCC(c1ccc(OC)c(OC)c1)N1C(=O)c2cccc(N3CCN([C@H](C)c4ccccc4)CC3)c2C1=O. The van der Waals surface area contributed by atoms with Crippen LogP contribution in [0.15, 0.2) is 72.1 Å². The van der Waals surface area contributed by atoms with Crippen molar-refractivity contribution in [1.82, 2.24) is 14.8 Å². The van der Waals surface area contributed by atoms with Gasteiger partial charge in [-0.15, -0.1) is 11.3 Å². The van der Waals surface area contributed by atoms with Crippen LogP contribution in [0.25, 0.3) is 0 Å². The summed E-state index contributed by atoms with van der Waals surface area (Å²) in [5, 5.41) is 2.72. The highest BCUT2D eigenvalue weighted by atomic mass is 32.1. The molecule has 0 N–H and O–H groups in total. The zero-order valence-corrected chi connectivity index (χ0v) is 30.1. The zero-order valence-electron chi connectivity index (χ0n) is 29.3. The summed E-state index contributed by atoms with van der Waals surface area (Å²) in [6.07, 6.45) is 2.54. The summed E-state index contributed by atoms with van der Waals surface area (Å²) < 4.78 is 11.0. The summed E-state index contributed by atoms with van der Waals surface area (Å²) in [4.78, 5) is 48.7. The molecule has 0 bridgehead atoms. The first-order valence-electron chi connectivity index (χ1n) is 16.9. The number of ether oxygens (including phenoxy) is 2. The maximum Gasteiger partial charge on any atom is 0.264 e. The van der Waals surface area contributed by atoms with E-state index in [0.29, 0.717) is 40.8 Å². The number of hydrogen-bond donors (Lipinski definition) is 0. The number of carbonyl (C=O) groups excluding carboxylic acids is 3. The van der Waals surface area contributed by atoms with E-state index in [4.69, 9.17) is 9.47 Å². The van der Waals surface area contributed by atoms with E-state index in [1.807, 2.05) is 43.3 Å². The van der Waals surface area contributed by atoms with Gasteiger partial charge in [0.25, 0.3) is 11.8 Å². The number of aromatic nitrogens is 1. The molecule has 1 unspecified atom stereocenters. The van der Waals surface area contributed by atoms with E-state index in [9.17, 15) is 14.4 Å². The molecule has 4 aromatic rings. The number of hydrogen-bond acceptors (Lipinski definition) is 9. The molecule has 9 nitrogen and oxygen atoms in total. The number of Topliss-reactive ketones (excluding diaryl/α,β-unsaturated/α-hetero) is 1. The Bertz CT molecular complexity index is 1770. The van der Waals surface area contributed by atoms with Gasteiger partial charge in [-0.2, -0.15) is 0 Å². The Morgan fingerprint density at radius 3 is 2.20 bits per heavy atom. The molecule has 2 atom stereocenters. The highest BCUT2D eigenvalue weighted by Gasteiger charge is 2.43. The predicted molar refractivity (Wildman–Crippen MR) is 194 cm³/mol. The van der Waals surface area contributed by atoms with Crippen molar-refractivity contribution >= 4 is 34.6 Å². The molecule has 3 heterocycles. The maximum absolute atomic E-state index is 14.1. The summed E-state index contributed by atoms with van der Waals surface area (Å²) in [6.45, 7) is 11.1. The van der Waals surface area contributed by atoms with Crippen LogP contribution < -0.4 is 14.4 Å². The third-order valence-corrected chi connectivity index (χ3v) is 10.1. The molecule has 0 spiro atoms. The highest BCUT2D eigenvalue weighted by Crippen LogP contribution is 2.41. The van der Waals surface area contributed by atoms with Gasteiger partial charge >= 0.3 is 0 Å². The van der Waals surface area contributed by atoms with Crippen LogP contribution >= 0.6 is 11.3 Å². The van der Waals surface area contributed by atoms with Crippen molar-refractivity contribution in [2.45, 2.75) is 59.0 Å². The molecular formula is C39H46N4O5S. The number of aryl methyl sites for hydroxylation is 1. The monoisotopic (exact) mass is 682 g/mol. The molecule has 6 rings (SSSR count). The average molecular weight is 683 g/mol. The van der Waals surface area contributed by atoms with Crippen molar-refractivity contribution in [1.29, 1.82) is 0 Å². The number of methoxy groups -OCH3 is 2. The molecule has 2 amide bonds. The second-order valence-electron chi connectivity index (χ2n) is 12.4. The first kappa shape index (κ1) is 35.8. The number of ketones is 1. The Hall–Kier alpha value is -4.54. The maximum atomic E-state index is 14.1. The number of benzene rings is 3. The molecule has 10 heteroatoms. The van der Waals surface area contributed by atoms with Gasteiger partial charge in [-0.3, -0.25) is 24.2 Å². The summed E-state index contributed by atoms with van der Waals surface area (Å²) in [6, 6.07) is 21.8. The number of unbranched alkanes of at least 4 members (excludes halogenated alkanes) is 1. The van der Waals surface area contributed by atoms with Gasteiger partial charge < -0.3 is 14.4 Å². The van der Waals surface area contributed by atoms with Crippen LogP contribution in [0, 0.1) is 6.92 Å². The van der Waals surface area contributed by atoms with Gasteiger partial charge in [-0.05, 0) is 55.7 Å². The van der Waals surface area contributed by atoms with E-state index < -0.39 is 0 Å². The van der Waals surface area contributed by atoms with Gasteiger partial charge in [-0.1, -0.05) is 62.2 Å². The molecule has 3 aromatic carbocycles. The van der Waals surface area contributed by atoms with Gasteiger partial charge in [0, 0.05) is 44.5 Å². The number of piperazine rings is 1. The van der Waals surface area contributed by atoms with Crippen LogP contribution in [0.2, 0.25) is 0 Å². The second-order valence-corrected chi connectivity index (χ2v) is 13.4. The predicted octanol–water partition coefficient (Wildman–Crippen LogP) is 7.77. The van der Waals surface area contributed by atoms with E-state index in [0.717, 1.165) is 55.3 Å². The summed E-state index contributed by atoms with van der Waals surface area (Å²) in [5.41, 5.74) is 4.62. The molecule has 1 saturated heterocycles. The molecule has 1 fully saturated rings. The van der Waals surface area contributed by atoms with Crippen molar-refractivity contribution in [2.75, 3.05) is 45.3 Å². The van der Waals surface area contributed by atoms with Gasteiger partial charge in [0.15, 0.2) is 17.3 Å². The molecule has 2 aliphatic rings. The van der Waals surface area contributed by atoms with Crippen LogP contribution in [-0.4, -0.2) is 72.8 Å². The Morgan fingerprint density at radius 1 is 0.898 bits per heavy atom. The summed E-state index contributed by atoms with van der Waals surface area (Å²) in [5.74, 6) is 0.798. The van der Waals surface area contributed by atoms with E-state index in [-0.39, 0.29) is 23.6 Å². The van der Waals surface area contributed by atoms with Crippen molar-refractivity contribution < 1.29 is 23.9 Å². The number of thiazole rings is 1. The number of carbonyl (C=O) groups is 3. The molecular weight excluding hydrogens is 637 g/mol. The fraction of sp³-hybridized carbons (Fsp3) is 0.385. The standard InChI is InChI=1S/C33H39N3O4.C6H7NOS/c1-5-6-14-27(25-16-17-29(39-3)30(22-25)40-4)36-32(37)26-13-10-15-28(31(26)33(36)38)35-20-18-34(19-21-35)23(2)24-11-8-7-9-12-24;1-4(8)6-3-9-5(2)7-6/h7-13,15-17,22-23,27H,5-6,14,18-21H2,1-4H3;3H,1-2H3/t23-,27?;/m1./s1. The van der Waals surface area contributed by atoms with E-state index >= 15 is 0 Å². The van der Waals surface area contributed by atoms with Crippen molar-refractivity contribution in [3.63, 3.8) is 0 Å². The Morgan fingerprint density at radius 2 is 1.61 bits per heavy atom. The molecule has 0 saturated carbocycles. The minimum Gasteiger partial charge on any atom is -0.493 e. The lowest BCUT2D eigenvalue weighted by molar-refractivity contribution is 0.0571. The normalized spacial score (nSPS) is 15.7. The second kappa shape index (κ2) is 16.2. The number of anilines is 1. The van der Waals surface area contributed by atoms with Gasteiger partial charge in [-0.25, -0.2) is 4.98 Å². The number of amides is 2. The first-order valence-corrected chi connectivity index (χ1v) is 17.8. The Balaban J connectivity index is 0.000000452. The van der Waals surface area contributed by atoms with Gasteiger partial charge in [0.05, 0.1) is 42.1 Å². The lowest BCUT2D eigenvalue weighted by atomic mass is 9.98. The van der Waals surface area contributed by atoms with Crippen molar-refractivity contribution in [3.8, 4) is 11.5 Å². The Labute approximate surface area is 293 Å². The van der Waals surface area contributed by atoms with Crippen molar-refractivity contribution in [3.05, 3.63) is 105 Å². The molecule has 0 aliphatic carbocycles. The van der Waals surface area contributed by atoms with Gasteiger partial charge in [0.1, 0.15) is 5.69 Å². The topological polar surface area (TPSA) is 92.3 Å². The first-order chi connectivity index (χ1) is 23.7. The third-order valence-electron chi connectivity index (χ3n) is 9.32. The van der Waals surface area contributed by atoms with Gasteiger partial charge in [0.2, 0.25) is 0 Å². The number of imide groups is 1. The quantitative estimate of drug-likeness (QED) is 0.117. The van der Waals surface area contributed by atoms with Crippen LogP contribution in [0.5, 0.6) is 11.5 Å². The number of nitrogens with zero attached hydrogens (tertiary/aromatic N) is 4. The zero-order chi connectivity index (χ0) is 35.1. The molecule has 0 radical (unpaired) electrons.